The molecule has 1 aromatic heterocycles. The highest BCUT2D eigenvalue weighted by molar-refractivity contribution is 14.0. The standard InChI is InChI=1S/C18H27N5O2S2.HI/c1-4-16-12-22-17(26-16)9-10-21-18(19-2)23-11-14-5-7-15(8-6-14)13-27(24,25)20-3;/h5-8,12,20H,4,9-11,13H2,1-3H3,(H2,19,21,23);1H. The molecule has 0 amide bonds. The summed E-state index contributed by atoms with van der Waals surface area (Å²) in [7, 11) is -0.0918. The van der Waals surface area contributed by atoms with E-state index in [1.165, 1.54) is 11.9 Å². The van der Waals surface area contributed by atoms with Gasteiger partial charge in [-0.2, -0.15) is 0 Å². The summed E-state index contributed by atoms with van der Waals surface area (Å²) in [5.41, 5.74) is 1.81. The SMILES string of the molecule is CCc1cnc(CCNC(=NC)NCc2ccc(CS(=O)(=O)NC)cc2)s1.I. The minimum atomic E-state index is -3.25. The lowest BCUT2D eigenvalue weighted by Crippen LogP contribution is -2.37. The summed E-state index contributed by atoms with van der Waals surface area (Å²) in [4.78, 5) is 9.94. The molecule has 28 heavy (non-hydrogen) atoms. The van der Waals surface area contributed by atoms with Gasteiger partial charge in [-0.1, -0.05) is 31.2 Å². The van der Waals surface area contributed by atoms with E-state index in [1.807, 2.05) is 30.5 Å². The predicted molar refractivity (Wildman–Crippen MR) is 127 cm³/mol. The lowest BCUT2D eigenvalue weighted by Gasteiger charge is -2.12. The van der Waals surface area contributed by atoms with E-state index < -0.39 is 10.0 Å². The summed E-state index contributed by atoms with van der Waals surface area (Å²) in [5.74, 6) is 0.709. The second-order valence-electron chi connectivity index (χ2n) is 5.96. The van der Waals surface area contributed by atoms with Gasteiger partial charge < -0.3 is 10.6 Å². The molecule has 0 aliphatic heterocycles. The summed E-state index contributed by atoms with van der Waals surface area (Å²) in [6, 6.07) is 7.50. The molecule has 0 aliphatic carbocycles. The molecule has 1 heterocycles. The predicted octanol–water partition coefficient (Wildman–Crippen LogP) is 2.28. The van der Waals surface area contributed by atoms with Crippen LogP contribution in [0.4, 0.5) is 0 Å². The molecule has 3 N–H and O–H groups in total. The molecular formula is C18H28IN5O2S2. The molecule has 0 aliphatic rings. The van der Waals surface area contributed by atoms with Gasteiger partial charge in [-0.05, 0) is 24.6 Å². The average molecular weight is 537 g/mol. The van der Waals surface area contributed by atoms with Gasteiger partial charge in [-0.15, -0.1) is 35.3 Å². The Morgan fingerprint density at radius 2 is 1.86 bits per heavy atom. The van der Waals surface area contributed by atoms with Crippen LogP contribution in [0.25, 0.3) is 0 Å². The van der Waals surface area contributed by atoms with Gasteiger partial charge in [0, 0.05) is 37.6 Å². The minimum absolute atomic E-state index is 0. The number of hydrogen-bond donors (Lipinski definition) is 3. The van der Waals surface area contributed by atoms with E-state index in [4.69, 9.17) is 0 Å². The first-order valence-electron chi connectivity index (χ1n) is 8.83. The number of hydrogen-bond acceptors (Lipinski definition) is 5. The van der Waals surface area contributed by atoms with Gasteiger partial charge in [0.15, 0.2) is 5.96 Å². The van der Waals surface area contributed by atoms with Crippen molar-refractivity contribution in [1.29, 1.82) is 0 Å². The third-order valence-electron chi connectivity index (χ3n) is 3.96. The van der Waals surface area contributed by atoms with Crippen molar-refractivity contribution in [3.63, 3.8) is 0 Å². The lowest BCUT2D eigenvalue weighted by atomic mass is 10.1. The number of nitrogens with zero attached hydrogens (tertiary/aromatic N) is 2. The van der Waals surface area contributed by atoms with E-state index in [9.17, 15) is 8.42 Å². The molecule has 7 nitrogen and oxygen atoms in total. The number of halogens is 1. The van der Waals surface area contributed by atoms with Gasteiger partial charge in [-0.25, -0.2) is 18.1 Å². The normalized spacial score (nSPS) is 11.8. The van der Waals surface area contributed by atoms with Crippen molar-refractivity contribution in [2.45, 2.75) is 32.1 Å². The number of nitrogens with one attached hydrogen (secondary N) is 3. The lowest BCUT2D eigenvalue weighted by molar-refractivity contribution is 0.587. The number of sulfonamides is 1. The summed E-state index contributed by atoms with van der Waals surface area (Å²) < 4.78 is 25.5. The maximum atomic E-state index is 11.6. The number of guanidine groups is 1. The van der Waals surface area contributed by atoms with Crippen molar-refractivity contribution in [2.24, 2.45) is 4.99 Å². The number of benzene rings is 1. The molecule has 0 bridgehead atoms. The Balaban J connectivity index is 0.00000392. The van der Waals surface area contributed by atoms with Gasteiger partial charge in [0.2, 0.25) is 10.0 Å². The Morgan fingerprint density at radius 1 is 1.18 bits per heavy atom. The molecule has 2 rings (SSSR count). The van der Waals surface area contributed by atoms with Crippen molar-refractivity contribution >= 4 is 51.3 Å². The molecule has 2 aromatic rings. The van der Waals surface area contributed by atoms with Gasteiger partial charge >= 0.3 is 0 Å². The smallest absolute Gasteiger partial charge is 0.215 e. The topological polar surface area (TPSA) is 95.5 Å². The van der Waals surface area contributed by atoms with Gasteiger partial charge in [0.1, 0.15) is 0 Å². The first kappa shape index (κ1) is 24.8. The van der Waals surface area contributed by atoms with Crippen LogP contribution in [0.5, 0.6) is 0 Å². The second kappa shape index (κ2) is 12.3. The van der Waals surface area contributed by atoms with Crippen molar-refractivity contribution in [3.05, 3.63) is 51.5 Å². The first-order chi connectivity index (χ1) is 13.0. The van der Waals surface area contributed by atoms with Crippen LogP contribution in [0.3, 0.4) is 0 Å². The maximum absolute atomic E-state index is 11.6. The fourth-order valence-electron chi connectivity index (χ4n) is 2.37. The molecule has 1 aromatic carbocycles. The van der Waals surface area contributed by atoms with Crippen LogP contribution in [0.15, 0.2) is 35.5 Å². The van der Waals surface area contributed by atoms with Crippen molar-refractivity contribution in [1.82, 2.24) is 20.3 Å². The summed E-state index contributed by atoms with van der Waals surface area (Å²) in [6.07, 6.45) is 3.83. The second-order valence-corrected chi connectivity index (χ2v) is 9.08. The highest BCUT2D eigenvalue weighted by Crippen LogP contribution is 2.13. The Bertz CT molecular complexity index is 851. The summed E-state index contributed by atoms with van der Waals surface area (Å²) in [5, 5.41) is 7.67. The Morgan fingerprint density at radius 3 is 2.43 bits per heavy atom. The van der Waals surface area contributed by atoms with Crippen LogP contribution in [0.2, 0.25) is 0 Å². The molecule has 0 fully saturated rings. The molecule has 0 saturated carbocycles. The quantitative estimate of drug-likeness (QED) is 0.259. The van der Waals surface area contributed by atoms with E-state index in [0.717, 1.165) is 41.5 Å². The van der Waals surface area contributed by atoms with Crippen molar-refractivity contribution < 1.29 is 8.42 Å². The number of rotatable bonds is 9. The monoisotopic (exact) mass is 537 g/mol. The van der Waals surface area contributed by atoms with Crippen LogP contribution < -0.4 is 15.4 Å². The Kier molecular flexibility index (Phi) is 10.9. The number of aryl methyl sites for hydroxylation is 1. The molecule has 0 spiro atoms. The van der Waals surface area contributed by atoms with Crippen LogP contribution in [0.1, 0.15) is 27.9 Å². The van der Waals surface area contributed by atoms with Crippen LogP contribution in [-0.4, -0.2) is 40.0 Å². The fourth-order valence-corrected chi connectivity index (χ4v) is 4.00. The Labute approximate surface area is 188 Å². The zero-order valence-electron chi connectivity index (χ0n) is 16.4. The van der Waals surface area contributed by atoms with E-state index in [2.05, 4.69) is 32.3 Å². The zero-order chi connectivity index (χ0) is 19.7. The van der Waals surface area contributed by atoms with Gasteiger partial charge in [0.25, 0.3) is 0 Å². The molecule has 156 valence electrons. The minimum Gasteiger partial charge on any atom is -0.356 e. The van der Waals surface area contributed by atoms with Crippen LogP contribution >= 0.6 is 35.3 Å². The summed E-state index contributed by atoms with van der Waals surface area (Å²) in [6.45, 7) is 3.50. The van der Waals surface area contributed by atoms with E-state index in [-0.39, 0.29) is 29.7 Å². The van der Waals surface area contributed by atoms with Gasteiger partial charge in [-0.3, -0.25) is 4.99 Å². The molecule has 10 heteroatoms. The highest BCUT2D eigenvalue weighted by atomic mass is 127. The van der Waals surface area contributed by atoms with Crippen LogP contribution in [0, 0.1) is 0 Å². The van der Waals surface area contributed by atoms with E-state index in [0.29, 0.717) is 6.54 Å². The number of aromatic nitrogens is 1. The highest BCUT2D eigenvalue weighted by Gasteiger charge is 2.08. The average Bonchev–Trinajstić information content (AvgIpc) is 3.13. The zero-order valence-corrected chi connectivity index (χ0v) is 20.3. The number of thiazole rings is 1. The fraction of sp³-hybridized carbons (Fsp3) is 0.444. The third-order valence-corrected chi connectivity index (χ3v) is 6.49. The number of aliphatic imine (C=N–C) groups is 1. The third kappa shape index (κ3) is 8.41. The largest absolute Gasteiger partial charge is 0.356 e. The van der Waals surface area contributed by atoms with E-state index >= 15 is 0 Å². The molecule has 0 radical (unpaired) electrons. The van der Waals surface area contributed by atoms with E-state index in [1.54, 1.807) is 18.4 Å². The molecule has 0 saturated heterocycles. The van der Waals surface area contributed by atoms with Gasteiger partial charge in [0.05, 0.1) is 10.8 Å². The summed E-state index contributed by atoms with van der Waals surface area (Å²) >= 11 is 1.75. The van der Waals surface area contributed by atoms with Crippen molar-refractivity contribution in [3.8, 4) is 0 Å². The Hall–Kier alpha value is -1.24. The van der Waals surface area contributed by atoms with Crippen molar-refractivity contribution in [2.75, 3.05) is 20.6 Å². The maximum Gasteiger partial charge on any atom is 0.215 e. The first-order valence-corrected chi connectivity index (χ1v) is 11.3. The van der Waals surface area contributed by atoms with Crippen LogP contribution in [-0.2, 0) is 35.2 Å². The molecule has 0 atom stereocenters. The molecular weight excluding hydrogens is 509 g/mol. The molecule has 0 unspecified atom stereocenters.